The van der Waals surface area contributed by atoms with Gasteiger partial charge in [-0.3, -0.25) is 0 Å². The normalized spacial score (nSPS) is 14.5. The lowest BCUT2D eigenvalue weighted by Gasteiger charge is -2.11. The minimum Gasteiger partial charge on any atom is -0.491 e. The molecule has 1 aromatic rings. The predicted molar refractivity (Wildman–Crippen MR) is 60.3 cm³/mol. The first kappa shape index (κ1) is 13.0. The second-order valence-electron chi connectivity index (χ2n) is 3.64. The average molecular weight is 226 g/mol. The van der Waals surface area contributed by atoms with E-state index in [9.17, 15) is 5.11 Å². The number of ether oxygens (including phenoxy) is 1. The summed E-state index contributed by atoms with van der Waals surface area (Å²) in [5, 5.41) is 27.2. The molecular formula is C12H18O4. The molecule has 0 spiro atoms. The van der Waals surface area contributed by atoms with Crippen LogP contribution in [0.3, 0.4) is 0 Å². The van der Waals surface area contributed by atoms with Gasteiger partial charge in [0, 0.05) is 0 Å². The number of benzene rings is 1. The lowest BCUT2D eigenvalue weighted by molar-refractivity contribution is 0.0536. The van der Waals surface area contributed by atoms with E-state index in [1.807, 2.05) is 6.92 Å². The maximum Gasteiger partial charge on any atom is 0.119 e. The van der Waals surface area contributed by atoms with E-state index in [4.69, 9.17) is 14.9 Å². The second kappa shape index (κ2) is 6.48. The Morgan fingerprint density at radius 1 is 1.19 bits per heavy atom. The summed E-state index contributed by atoms with van der Waals surface area (Å²) in [5.41, 5.74) is 0.845. The summed E-state index contributed by atoms with van der Waals surface area (Å²) in [7, 11) is 0. The van der Waals surface area contributed by atoms with Crippen molar-refractivity contribution in [3.8, 4) is 5.75 Å². The Bertz CT molecular complexity index is 296. The van der Waals surface area contributed by atoms with Gasteiger partial charge < -0.3 is 20.1 Å². The first-order valence-corrected chi connectivity index (χ1v) is 5.37. The smallest absolute Gasteiger partial charge is 0.119 e. The number of hydrogen-bond donors (Lipinski definition) is 3. The van der Waals surface area contributed by atoms with E-state index in [0.29, 0.717) is 12.2 Å². The molecule has 0 fully saturated rings. The monoisotopic (exact) mass is 226 g/mol. The van der Waals surface area contributed by atoms with Crippen LogP contribution in [-0.4, -0.2) is 34.6 Å². The fourth-order valence-corrected chi connectivity index (χ4v) is 1.27. The van der Waals surface area contributed by atoms with E-state index in [2.05, 4.69) is 0 Å². The minimum absolute atomic E-state index is 0.0617. The van der Waals surface area contributed by atoms with Crippen molar-refractivity contribution in [2.45, 2.75) is 25.6 Å². The van der Waals surface area contributed by atoms with Crippen LogP contribution in [0.2, 0.25) is 0 Å². The van der Waals surface area contributed by atoms with Gasteiger partial charge >= 0.3 is 0 Å². The van der Waals surface area contributed by atoms with E-state index in [-0.39, 0.29) is 13.2 Å². The largest absolute Gasteiger partial charge is 0.491 e. The van der Waals surface area contributed by atoms with Crippen LogP contribution in [0.15, 0.2) is 24.3 Å². The van der Waals surface area contributed by atoms with E-state index in [1.54, 1.807) is 24.3 Å². The molecule has 2 unspecified atom stereocenters. The lowest BCUT2D eigenvalue weighted by Crippen LogP contribution is -2.21. The van der Waals surface area contributed by atoms with Crippen molar-refractivity contribution in [2.24, 2.45) is 0 Å². The Kier molecular flexibility index (Phi) is 5.25. The zero-order valence-electron chi connectivity index (χ0n) is 9.34. The first-order valence-electron chi connectivity index (χ1n) is 5.37. The number of rotatable bonds is 6. The fourth-order valence-electron chi connectivity index (χ4n) is 1.27. The third-order valence-electron chi connectivity index (χ3n) is 2.30. The Balaban J connectivity index is 2.51. The summed E-state index contributed by atoms with van der Waals surface area (Å²) in [5.74, 6) is 0.611. The van der Waals surface area contributed by atoms with Crippen LogP contribution in [0.1, 0.15) is 25.0 Å². The zero-order valence-corrected chi connectivity index (χ0v) is 9.34. The van der Waals surface area contributed by atoms with Crippen molar-refractivity contribution in [2.75, 3.05) is 13.2 Å². The highest BCUT2D eigenvalue weighted by Crippen LogP contribution is 2.19. The highest BCUT2D eigenvalue weighted by Gasteiger charge is 2.06. The topological polar surface area (TPSA) is 69.9 Å². The molecule has 0 amide bonds. The molecule has 16 heavy (non-hydrogen) atoms. The molecule has 90 valence electrons. The Morgan fingerprint density at radius 2 is 1.81 bits per heavy atom. The molecule has 0 saturated heterocycles. The molecule has 4 heteroatoms. The fraction of sp³-hybridized carbons (Fsp3) is 0.500. The van der Waals surface area contributed by atoms with Crippen molar-refractivity contribution < 1.29 is 20.1 Å². The van der Waals surface area contributed by atoms with Crippen LogP contribution in [0.25, 0.3) is 0 Å². The van der Waals surface area contributed by atoms with Crippen LogP contribution in [0.4, 0.5) is 0 Å². The molecule has 0 heterocycles. The van der Waals surface area contributed by atoms with Crippen LogP contribution in [-0.2, 0) is 0 Å². The van der Waals surface area contributed by atoms with Crippen LogP contribution < -0.4 is 4.74 Å². The van der Waals surface area contributed by atoms with Gasteiger partial charge in [0.2, 0.25) is 0 Å². The third-order valence-corrected chi connectivity index (χ3v) is 2.30. The molecule has 0 radical (unpaired) electrons. The summed E-state index contributed by atoms with van der Waals surface area (Å²) in [6.07, 6.45) is -0.637. The highest BCUT2D eigenvalue weighted by atomic mass is 16.5. The van der Waals surface area contributed by atoms with Crippen LogP contribution >= 0.6 is 0 Å². The molecule has 0 bridgehead atoms. The van der Waals surface area contributed by atoms with Gasteiger partial charge in [-0.2, -0.15) is 0 Å². The zero-order chi connectivity index (χ0) is 12.0. The first-order chi connectivity index (χ1) is 7.67. The van der Waals surface area contributed by atoms with Gasteiger partial charge in [0.05, 0.1) is 12.7 Å². The minimum atomic E-state index is -0.860. The summed E-state index contributed by atoms with van der Waals surface area (Å²) < 4.78 is 5.24. The van der Waals surface area contributed by atoms with Crippen molar-refractivity contribution >= 4 is 0 Å². The second-order valence-corrected chi connectivity index (χ2v) is 3.64. The van der Waals surface area contributed by atoms with E-state index in [1.165, 1.54) is 0 Å². The number of hydrogen-bond acceptors (Lipinski definition) is 4. The van der Waals surface area contributed by atoms with Crippen molar-refractivity contribution in [1.82, 2.24) is 0 Å². The average Bonchev–Trinajstić information content (AvgIpc) is 2.35. The molecular weight excluding hydrogens is 208 g/mol. The predicted octanol–water partition coefficient (Wildman–Crippen LogP) is 0.862. The summed E-state index contributed by atoms with van der Waals surface area (Å²) in [4.78, 5) is 0. The quantitative estimate of drug-likeness (QED) is 0.673. The van der Waals surface area contributed by atoms with Gasteiger partial charge in [-0.25, -0.2) is 0 Å². The molecule has 1 aromatic carbocycles. The molecule has 0 aliphatic heterocycles. The highest BCUT2D eigenvalue weighted by molar-refractivity contribution is 5.28. The van der Waals surface area contributed by atoms with Gasteiger partial charge in [0.25, 0.3) is 0 Å². The summed E-state index contributed by atoms with van der Waals surface area (Å²) >= 11 is 0. The van der Waals surface area contributed by atoms with E-state index in [0.717, 1.165) is 5.56 Å². The molecule has 3 N–H and O–H groups in total. The van der Waals surface area contributed by atoms with Crippen molar-refractivity contribution in [3.05, 3.63) is 29.8 Å². The van der Waals surface area contributed by atoms with Gasteiger partial charge in [-0.1, -0.05) is 19.1 Å². The number of aliphatic hydroxyl groups is 3. The van der Waals surface area contributed by atoms with Gasteiger partial charge in [0.15, 0.2) is 0 Å². The van der Waals surface area contributed by atoms with E-state index < -0.39 is 12.2 Å². The van der Waals surface area contributed by atoms with Crippen molar-refractivity contribution in [1.29, 1.82) is 0 Å². The molecule has 0 aliphatic carbocycles. The Labute approximate surface area is 95.1 Å². The lowest BCUT2D eigenvalue weighted by atomic mass is 10.1. The standard InChI is InChI=1S/C12H18O4/c1-2-12(15)9-3-5-11(6-4-9)16-8-10(14)7-13/h3-6,10,12-15H,2,7-8H2,1H3. The maximum atomic E-state index is 9.56. The van der Waals surface area contributed by atoms with Crippen LogP contribution in [0, 0.1) is 0 Å². The molecule has 2 atom stereocenters. The molecule has 1 rings (SSSR count). The Hall–Kier alpha value is -1.10. The third kappa shape index (κ3) is 3.81. The summed E-state index contributed by atoms with van der Waals surface area (Å²) in [6.45, 7) is 1.66. The van der Waals surface area contributed by atoms with Gasteiger partial charge in [-0.05, 0) is 24.1 Å². The maximum absolute atomic E-state index is 9.56. The molecule has 4 nitrogen and oxygen atoms in total. The molecule has 0 aliphatic rings. The van der Waals surface area contributed by atoms with Gasteiger partial charge in [0.1, 0.15) is 18.5 Å². The van der Waals surface area contributed by atoms with Gasteiger partial charge in [-0.15, -0.1) is 0 Å². The summed E-state index contributed by atoms with van der Waals surface area (Å²) in [6, 6.07) is 7.04. The van der Waals surface area contributed by atoms with Crippen molar-refractivity contribution in [3.63, 3.8) is 0 Å². The molecule has 0 saturated carbocycles. The molecule has 0 aromatic heterocycles. The van der Waals surface area contributed by atoms with E-state index >= 15 is 0 Å². The number of aliphatic hydroxyl groups excluding tert-OH is 3. The van der Waals surface area contributed by atoms with Crippen LogP contribution in [0.5, 0.6) is 5.75 Å². The SMILES string of the molecule is CCC(O)c1ccc(OCC(O)CO)cc1. The Morgan fingerprint density at radius 3 is 2.31 bits per heavy atom.